The summed E-state index contributed by atoms with van der Waals surface area (Å²) in [5, 5.41) is 30.1. The van der Waals surface area contributed by atoms with Gasteiger partial charge in [-0.25, -0.2) is 4.79 Å². The van der Waals surface area contributed by atoms with Crippen molar-refractivity contribution < 1.29 is 24.6 Å². The van der Waals surface area contributed by atoms with E-state index in [1.165, 1.54) is 0 Å². The first-order chi connectivity index (χ1) is 20.1. The van der Waals surface area contributed by atoms with Crippen LogP contribution >= 0.6 is 0 Å². The number of benzene rings is 2. The zero-order chi connectivity index (χ0) is 30.3. The summed E-state index contributed by atoms with van der Waals surface area (Å²) < 4.78 is 0. The lowest BCUT2D eigenvalue weighted by atomic mass is 9.99. The number of nitrogens with zero attached hydrogens (tertiary/aromatic N) is 1. The van der Waals surface area contributed by atoms with Gasteiger partial charge in [0.2, 0.25) is 11.8 Å². The smallest absolute Gasteiger partial charge is 0.318 e. The van der Waals surface area contributed by atoms with Gasteiger partial charge in [0.05, 0.1) is 30.6 Å². The number of aliphatic hydroxyl groups excluding tert-OH is 2. The normalized spacial score (nSPS) is 15.9. The van der Waals surface area contributed by atoms with Gasteiger partial charge in [-0.2, -0.15) is 0 Å². The highest BCUT2D eigenvalue weighted by Crippen LogP contribution is 2.31. The molecular formula is C31H40N6O5. The second-order valence-corrected chi connectivity index (χ2v) is 11.1. The number of anilines is 2. The molecule has 42 heavy (non-hydrogen) atoms. The summed E-state index contributed by atoms with van der Waals surface area (Å²) in [5.41, 5.74) is 4.47. The zero-order valence-corrected chi connectivity index (χ0v) is 24.2. The molecule has 0 saturated heterocycles. The molecule has 0 bridgehead atoms. The van der Waals surface area contributed by atoms with Crippen LogP contribution in [0.3, 0.4) is 0 Å². The number of nitrogens with one attached hydrogen (secondary N) is 5. The quantitative estimate of drug-likeness (QED) is 0.186. The summed E-state index contributed by atoms with van der Waals surface area (Å²) in [4.78, 5) is 43.6. The van der Waals surface area contributed by atoms with E-state index < -0.39 is 17.7 Å². The number of carbonyl (C=O) groups excluding carboxylic acids is 3. The third-order valence-electron chi connectivity index (χ3n) is 7.32. The van der Waals surface area contributed by atoms with Crippen LogP contribution in [-0.4, -0.2) is 70.9 Å². The Hall–Kier alpha value is -4.19. The largest absolute Gasteiger partial charge is 0.394 e. The molecule has 1 aliphatic rings. The number of para-hydroxylation sites is 1. The minimum Gasteiger partial charge on any atom is -0.394 e. The van der Waals surface area contributed by atoms with Crippen LogP contribution in [0.5, 0.6) is 0 Å². The van der Waals surface area contributed by atoms with E-state index in [-0.39, 0.29) is 37.4 Å². The first kappa shape index (κ1) is 30.8. The third kappa shape index (κ3) is 7.75. The van der Waals surface area contributed by atoms with Gasteiger partial charge in [-0.3, -0.25) is 9.59 Å². The van der Waals surface area contributed by atoms with Crippen molar-refractivity contribution in [3.8, 4) is 11.1 Å². The van der Waals surface area contributed by atoms with Crippen molar-refractivity contribution in [3.63, 3.8) is 0 Å². The Kier molecular flexibility index (Phi) is 10.00. The maximum atomic E-state index is 13.8. The molecule has 11 heteroatoms. The molecule has 0 fully saturated rings. The molecule has 2 atom stereocenters. The van der Waals surface area contributed by atoms with Crippen LogP contribution in [0, 0.1) is 0 Å². The van der Waals surface area contributed by atoms with Gasteiger partial charge in [-0.05, 0) is 49.9 Å². The van der Waals surface area contributed by atoms with Crippen molar-refractivity contribution in [1.29, 1.82) is 0 Å². The number of fused-ring (bicyclic) bond motifs is 1. The van der Waals surface area contributed by atoms with E-state index >= 15 is 0 Å². The molecule has 4 amide bonds. The summed E-state index contributed by atoms with van der Waals surface area (Å²) in [7, 11) is 1.56. The van der Waals surface area contributed by atoms with Crippen LogP contribution in [0.2, 0.25) is 0 Å². The van der Waals surface area contributed by atoms with Crippen LogP contribution in [0.25, 0.3) is 11.1 Å². The number of hydrogen-bond acceptors (Lipinski definition) is 6. The molecule has 224 valence electrons. The van der Waals surface area contributed by atoms with Crippen LogP contribution in [0.4, 0.5) is 16.2 Å². The van der Waals surface area contributed by atoms with Crippen molar-refractivity contribution in [2.75, 3.05) is 30.4 Å². The summed E-state index contributed by atoms with van der Waals surface area (Å²) in [5.74, 6) is -0.462. The van der Waals surface area contributed by atoms with Gasteiger partial charge in [0.1, 0.15) is 6.04 Å². The monoisotopic (exact) mass is 576 g/mol. The first-order valence-electron chi connectivity index (χ1n) is 14.1. The topological polar surface area (TPSA) is 159 Å². The molecule has 2 aromatic carbocycles. The van der Waals surface area contributed by atoms with Crippen molar-refractivity contribution in [2.45, 2.75) is 57.3 Å². The predicted molar refractivity (Wildman–Crippen MR) is 162 cm³/mol. The maximum Gasteiger partial charge on any atom is 0.318 e. The Bertz CT molecular complexity index is 1390. The summed E-state index contributed by atoms with van der Waals surface area (Å²) >= 11 is 0. The standard InChI is InChI=1S/C31H40N6O5/c1-31(2,34-17-22(39)19-38)16-28(40)35-26-13-12-25-27(14-15-33-25)37(29(26)41)18-20-8-10-21(11-9-20)23-6-4-5-7-24(23)36-30(42)32-3/h4-11,14-15,22,26,33-34,38-39H,12-13,16-19H2,1-3H3,(H,35,40)(H2,32,36,42)/t22-,26+/m0/s1. The number of β-amino-alcohol motifs (C(OH)–C–C–N with tert-alkyl or cyclic N) is 1. The van der Waals surface area contributed by atoms with Gasteiger partial charge in [0.25, 0.3) is 0 Å². The van der Waals surface area contributed by atoms with Gasteiger partial charge in [-0.15, -0.1) is 0 Å². The second-order valence-electron chi connectivity index (χ2n) is 11.1. The Morgan fingerprint density at radius 1 is 1.12 bits per heavy atom. The Morgan fingerprint density at radius 2 is 1.86 bits per heavy atom. The van der Waals surface area contributed by atoms with Crippen molar-refractivity contribution in [3.05, 3.63) is 72.1 Å². The molecule has 1 aliphatic heterocycles. The summed E-state index contributed by atoms with van der Waals surface area (Å²) in [6.07, 6.45) is 2.06. The minimum atomic E-state index is -0.915. The summed E-state index contributed by atoms with van der Waals surface area (Å²) in [6, 6.07) is 16.3. The van der Waals surface area contributed by atoms with E-state index in [0.29, 0.717) is 25.1 Å². The highest BCUT2D eigenvalue weighted by Gasteiger charge is 2.33. The molecule has 3 aromatic rings. The van der Waals surface area contributed by atoms with E-state index in [9.17, 15) is 19.5 Å². The van der Waals surface area contributed by atoms with Gasteiger partial charge < -0.3 is 41.4 Å². The van der Waals surface area contributed by atoms with E-state index in [4.69, 9.17) is 5.11 Å². The number of amides is 4. The van der Waals surface area contributed by atoms with E-state index in [1.807, 2.05) is 74.6 Å². The fourth-order valence-electron chi connectivity index (χ4n) is 5.03. The number of H-pyrrole nitrogens is 1. The molecule has 11 nitrogen and oxygen atoms in total. The number of aromatic nitrogens is 1. The molecule has 0 saturated carbocycles. The molecule has 7 N–H and O–H groups in total. The maximum absolute atomic E-state index is 13.8. The van der Waals surface area contributed by atoms with Gasteiger partial charge in [0.15, 0.2) is 0 Å². The first-order valence-corrected chi connectivity index (χ1v) is 14.1. The Balaban J connectivity index is 1.48. The van der Waals surface area contributed by atoms with Crippen LogP contribution < -0.4 is 26.2 Å². The molecule has 1 aromatic heterocycles. The molecule has 2 heterocycles. The van der Waals surface area contributed by atoms with Gasteiger partial charge in [0, 0.05) is 43.0 Å². The molecule has 0 unspecified atom stereocenters. The van der Waals surface area contributed by atoms with Gasteiger partial charge >= 0.3 is 6.03 Å². The van der Waals surface area contributed by atoms with Crippen molar-refractivity contribution in [2.24, 2.45) is 0 Å². The van der Waals surface area contributed by atoms with Crippen molar-refractivity contribution in [1.82, 2.24) is 20.9 Å². The molecule has 0 spiro atoms. The average Bonchev–Trinajstić information content (AvgIpc) is 3.41. The lowest BCUT2D eigenvalue weighted by Crippen LogP contribution is -2.51. The number of aryl methyl sites for hydroxylation is 1. The number of aliphatic hydroxyl groups is 2. The fourth-order valence-corrected chi connectivity index (χ4v) is 5.03. The lowest BCUT2D eigenvalue weighted by Gasteiger charge is -2.29. The SMILES string of the molecule is CNC(=O)Nc1ccccc1-c1ccc(CN2C(=O)[C@H](NC(=O)CC(C)(C)NC[C@H](O)CO)CCc3[nH]ccc32)cc1. The van der Waals surface area contributed by atoms with Crippen LogP contribution in [0.15, 0.2) is 60.8 Å². The van der Waals surface area contributed by atoms with Crippen LogP contribution in [0.1, 0.15) is 37.9 Å². The molecule has 0 aliphatic carbocycles. The fraction of sp³-hybridized carbons (Fsp3) is 0.387. The van der Waals surface area contributed by atoms with Crippen LogP contribution in [-0.2, 0) is 22.6 Å². The third-order valence-corrected chi connectivity index (χ3v) is 7.32. The Morgan fingerprint density at radius 3 is 2.57 bits per heavy atom. The van der Waals surface area contributed by atoms with E-state index in [2.05, 4.69) is 26.3 Å². The zero-order valence-electron chi connectivity index (χ0n) is 24.2. The van der Waals surface area contributed by atoms with Gasteiger partial charge in [-0.1, -0.05) is 42.5 Å². The molecular weight excluding hydrogens is 536 g/mol. The molecule has 0 radical (unpaired) electrons. The number of aromatic amines is 1. The Labute approximate surface area is 245 Å². The predicted octanol–water partition coefficient (Wildman–Crippen LogP) is 2.51. The van der Waals surface area contributed by atoms with E-state index in [0.717, 1.165) is 28.1 Å². The molecule has 4 rings (SSSR count). The lowest BCUT2D eigenvalue weighted by molar-refractivity contribution is -0.128. The summed E-state index contributed by atoms with van der Waals surface area (Å²) in [6.45, 7) is 3.77. The van der Waals surface area contributed by atoms with E-state index in [1.54, 1.807) is 11.9 Å². The second kappa shape index (κ2) is 13.6. The minimum absolute atomic E-state index is 0.0952. The highest BCUT2D eigenvalue weighted by atomic mass is 16.3. The number of hydrogen-bond donors (Lipinski definition) is 7. The average molecular weight is 577 g/mol. The highest BCUT2D eigenvalue weighted by molar-refractivity contribution is 6.00. The van der Waals surface area contributed by atoms with Crippen molar-refractivity contribution >= 4 is 29.2 Å². The number of carbonyl (C=O) groups is 3. The number of urea groups is 1. The number of rotatable bonds is 11.